The minimum Gasteiger partial charge on any atom is -0.404 e. The van der Waals surface area contributed by atoms with Gasteiger partial charge < -0.3 is 10.1 Å². The van der Waals surface area contributed by atoms with Crippen molar-refractivity contribution in [2.75, 3.05) is 12.4 Å². The molecule has 0 spiro atoms. The summed E-state index contributed by atoms with van der Waals surface area (Å²) in [6.07, 6.45) is 1.58. The van der Waals surface area contributed by atoms with Crippen molar-refractivity contribution in [2.45, 2.75) is 6.92 Å². The normalized spacial score (nSPS) is 10.8. The van der Waals surface area contributed by atoms with Crippen LogP contribution in [0.4, 0.5) is 5.13 Å². The highest BCUT2D eigenvalue weighted by atomic mass is 32.1. The molecule has 2 heterocycles. The maximum Gasteiger partial charge on any atom is 0.345 e. The summed E-state index contributed by atoms with van der Waals surface area (Å²) in [5.74, 6) is 0.00527. The molecule has 21 heavy (non-hydrogen) atoms. The summed E-state index contributed by atoms with van der Waals surface area (Å²) >= 11 is 1.55. The third-order valence-electron chi connectivity index (χ3n) is 3.22. The first kappa shape index (κ1) is 13.6. The maximum absolute atomic E-state index is 12.3. The van der Waals surface area contributed by atoms with Gasteiger partial charge in [-0.15, -0.1) is 0 Å². The number of fused-ring (bicyclic) bond motifs is 1. The molecule has 3 rings (SSSR count). The van der Waals surface area contributed by atoms with E-state index in [-0.39, 0.29) is 0 Å². The molecule has 7 heteroatoms. The number of nitrogens with zero attached hydrogens (tertiary/aromatic N) is 3. The second-order valence-corrected chi connectivity index (χ2v) is 5.57. The van der Waals surface area contributed by atoms with Gasteiger partial charge in [0.25, 0.3) is 0 Å². The van der Waals surface area contributed by atoms with Crippen molar-refractivity contribution in [1.29, 1.82) is 0 Å². The average Bonchev–Trinajstić information content (AvgIpc) is 3.06. The summed E-state index contributed by atoms with van der Waals surface area (Å²) in [7, 11) is 3.54. The zero-order valence-electron chi connectivity index (χ0n) is 11.9. The van der Waals surface area contributed by atoms with Crippen molar-refractivity contribution >= 4 is 32.7 Å². The van der Waals surface area contributed by atoms with E-state index in [1.54, 1.807) is 36.7 Å². The first-order chi connectivity index (χ1) is 10.1. The number of hydrogen-bond acceptors (Lipinski definition) is 6. The lowest BCUT2D eigenvalue weighted by atomic mass is 10.1. The number of nitrogens with one attached hydrogen (secondary N) is 1. The highest BCUT2D eigenvalue weighted by molar-refractivity contribution is 7.22. The molecule has 0 fully saturated rings. The van der Waals surface area contributed by atoms with E-state index in [0.29, 0.717) is 11.4 Å². The molecule has 0 bridgehead atoms. The van der Waals surface area contributed by atoms with Crippen LogP contribution in [0.15, 0.2) is 24.4 Å². The molecular formula is C14H14N4O2S. The Morgan fingerprint density at radius 1 is 1.38 bits per heavy atom. The van der Waals surface area contributed by atoms with E-state index < -0.39 is 5.97 Å². The lowest BCUT2D eigenvalue weighted by Gasteiger charge is -2.06. The van der Waals surface area contributed by atoms with Crippen molar-refractivity contribution in [3.63, 3.8) is 0 Å². The zero-order chi connectivity index (χ0) is 15.0. The summed E-state index contributed by atoms with van der Waals surface area (Å²) in [6, 6.07) is 5.31. The predicted molar refractivity (Wildman–Crippen MR) is 82.1 cm³/mol. The topological polar surface area (TPSA) is 69.0 Å². The van der Waals surface area contributed by atoms with Crippen LogP contribution in [-0.2, 0) is 7.05 Å². The van der Waals surface area contributed by atoms with E-state index >= 15 is 0 Å². The van der Waals surface area contributed by atoms with Gasteiger partial charge in [0.05, 0.1) is 22.0 Å². The SMILES string of the molecule is CNc1nc2c(C)c(C(=O)Oc3ccnn3C)ccc2s1. The van der Waals surface area contributed by atoms with Crippen LogP contribution < -0.4 is 10.1 Å². The summed E-state index contributed by atoms with van der Waals surface area (Å²) in [5.41, 5.74) is 2.15. The molecular weight excluding hydrogens is 288 g/mol. The molecule has 1 aromatic carbocycles. The lowest BCUT2D eigenvalue weighted by Crippen LogP contribution is -2.12. The van der Waals surface area contributed by atoms with Crippen LogP contribution in [0.1, 0.15) is 15.9 Å². The Morgan fingerprint density at radius 2 is 2.19 bits per heavy atom. The fourth-order valence-electron chi connectivity index (χ4n) is 2.07. The molecule has 0 unspecified atom stereocenters. The lowest BCUT2D eigenvalue weighted by molar-refractivity contribution is 0.0719. The monoisotopic (exact) mass is 302 g/mol. The van der Waals surface area contributed by atoms with E-state index in [1.165, 1.54) is 4.68 Å². The van der Waals surface area contributed by atoms with Crippen molar-refractivity contribution < 1.29 is 9.53 Å². The third kappa shape index (κ3) is 2.36. The van der Waals surface area contributed by atoms with Crippen LogP contribution in [-0.4, -0.2) is 27.8 Å². The van der Waals surface area contributed by atoms with Crippen LogP contribution in [0, 0.1) is 6.92 Å². The van der Waals surface area contributed by atoms with Crippen molar-refractivity contribution in [3.8, 4) is 5.88 Å². The maximum atomic E-state index is 12.3. The number of hydrogen-bond donors (Lipinski definition) is 1. The first-order valence-corrected chi connectivity index (χ1v) is 7.20. The minimum absolute atomic E-state index is 0.406. The van der Waals surface area contributed by atoms with Gasteiger partial charge in [0, 0.05) is 20.2 Å². The fourth-order valence-corrected chi connectivity index (χ4v) is 2.94. The largest absolute Gasteiger partial charge is 0.404 e. The second-order valence-electron chi connectivity index (χ2n) is 4.54. The molecule has 3 aromatic rings. The molecule has 0 aliphatic heterocycles. The van der Waals surface area contributed by atoms with Crippen LogP contribution in [0.3, 0.4) is 0 Å². The summed E-state index contributed by atoms with van der Waals surface area (Å²) in [4.78, 5) is 16.8. The average molecular weight is 302 g/mol. The number of aryl methyl sites for hydroxylation is 2. The van der Waals surface area contributed by atoms with Gasteiger partial charge >= 0.3 is 5.97 Å². The molecule has 0 radical (unpaired) electrons. The standard InChI is InChI=1S/C14H14N4O2S/c1-8-9(13(19)20-11-6-7-16-18(11)3)4-5-10-12(8)17-14(15-2)21-10/h4-7H,1-3H3,(H,15,17). The third-order valence-corrected chi connectivity index (χ3v) is 4.26. The molecule has 2 aromatic heterocycles. The van der Waals surface area contributed by atoms with Crippen molar-refractivity contribution in [2.24, 2.45) is 7.05 Å². The molecule has 6 nitrogen and oxygen atoms in total. The molecule has 1 N–H and O–H groups in total. The number of ether oxygens (including phenoxy) is 1. The van der Waals surface area contributed by atoms with Crippen LogP contribution in [0.2, 0.25) is 0 Å². The summed E-state index contributed by atoms with van der Waals surface area (Å²) in [5, 5.41) is 7.81. The summed E-state index contributed by atoms with van der Waals surface area (Å²) in [6.45, 7) is 1.88. The number of aromatic nitrogens is 3. The van der Waals surface area contributed by atoms with Gasteiger partial charge in [-0.25, -0.2) is 14.5 Å². The Bertz CT molecular complexity index is 822. The number of anilines is 1. The predicted octanol–water partition coefficient (Wildman–Crippen LogP) is 2.60. The highest BCUT2D eigenvalue weighted by Gasteiger charge is 2.17. The number of thiazole rings is 1. The van der Waals surface area contributed by atoms with Gasteiger partial charge in [-0.05, 0) is 24.6 Å². The molecule has 0 saturated carbocycles. The number of carbonyl (C=O) groups excluding carboxylic acids is 1. The van der Waals surface area contributed by atoms with Crippen LogP contribution in [0.5, 0.6) is 5.88 Å². The van der Waals surface area contributed by atoms with Gasteiger partial charge in [0.15, 0.2) is 5.13 Å². The van der Waals surface area contributed by atoms with Crippen LogP contribution in [0.25, 0.3) is 10.2 Å². The number of benzene rings is 1. The zero-order valence-corrected chi connectivity index (χ0v) is 12.7. The highest BCUT2D eigenvalue weighted by Crippen LogP contribution is 2.30. The Balaban J connectivity index is 1.98. The van der Waals surface area contributed by atoms with Gasteiger partial charge in [0.2, 0.25) is 5.88 Å². The Labute approximate surface area is 125 Å². The number of carbonyl (C=O) groups is 1. The molecule has 108 valence electrons. The van der Waals surface area contributed by atoms with E-state index in [4.69, 9.17) is 4.74 Å². The van der Waals surface area contributed by atoms with E-state index in [2.05, 4.69) is 15.4 Å². The van der Waals surface area contributed by atoms with Crippen molar-refractivity contribution in [3.05, 3.63) is 35.5 Å². The summed E-state index contributed by atoms with van der Waals surface area (Å²) < 4.78 is 7.90. The van der Waals surface area contributed by atoms with Crippen molar-refractivity contribution in [1.82, 2.24) is 14.8 Å². The quantitative estimate of drug-likeness (QED) is 0.753. The smallest absolute Gasteiger partial charge is 0.345 e. The van der Waals surface area contributed by atoms with E-state index in [1.807, 2.05) is 20.0 Å². The molecule has 0 atom stereocenters. The first-order valence-electron chi connectivity index (χ1n) is 6.38. The van der Waals surface area contributed by atoms with E-state index in [0.717, 1.165) is 20.9 Å². The van der Waals surface area contributed by atoms with Gasteiger partial charge in [-0.2, -0.15) is 5.10 Å². The van der Waals surface area contributed by atoms with Gasteiger partial charge in [-0.3, -0.25) is 0 Å². The Hall–Kier alpha value is -2.41. The minimum atomic E-state index is -0.406. The Kier molecular flexibility index (Phi) is 3.34. The second kappa shape index (κ2) is 5.17. The number of rotatable bonds is 3. The molecule has 0 aliphatic rings. The molecule has 0 aliphatic carbocycles. The fraction of sp³-hybridized carbons (Fsp3) is 0.214. The van der Waals surface area contributed by atoms with E-state index in [9.17, 15) is 4.79 Å². The number of esters is 1. The molecule has 0 amide bonds. The molecule has 0 saturated heterocycles. The Morgan fingerprint density at radius 3 is 2.86 bits per heavy atom. The van der Waals surface area contributed by atoms with Gasteiger partial charge in [0.1, 0.15) is 0 Å². The van der Waals surface area contributed by atoms with Gasteiger partial charge in [-0.1, -0.05) is 11.3 Å². The van der Waals surface area contributed by atoms with Crippen LogP contribution >= 0.6 is 11.3 Å².